The quantitative estimate of drug-likeness (QED) is 0.827. The molecule has 0 aromatic heterocycles. The van der Waals surface area contributed by atoms with Crippen molar-refractivity contribution < 1.29 is 0 Å². The molecule has 1 heteroatoms. The lowest BCUT2D eigenvalue weighted by molar-refractivity contribution is 0.145. The van der Waals surface area contributed by atoms with Crippen LogP contribution in [0.15, 0.2) is 24.3 Å². The fourth-order valence-electron chi connectivity index (χ4n) is 4.05. The van der Waals surface area contributed by atoms with Gasteiger partial charge in [-0.15, -0.1) is 0 Å². The molecule has 0 amide bonds. The van der Waals surface area contributed by atoms with Gasteiger partial charge in [-0.1, -0.05) is 37.1 Å². The zero-order valence-corrected chi connectivity index (χ0v) is 10.6. The lowest BCUT2D eigenvalue weighted by Crippen LogP contribution is -2.41. The predicted octanol–water partition coefficient (Wildman–Crippen LogP) is 3.31. The van der Waals surface area contributed by atoms with E-state index in [1.54, 1.807) is 11.1 Å². The lowest BCUT2D eigenvalue weighted by Gasteiger charge is -2.42. The summed E-state index contributed by atoms with van der Waals surface area (Å²) in [7, 11) is 0. The third-order valence-electron chi connectivity index (χ3n) is 5.18. The number of aryl methyl sites for hydroxylation is 1. The number of hydrogen-bond acceptors (Lipinski definition) is 1. The summed E-state index contributed by atoms with van der Waals surface area (Å²) in [5, 5.41) is 0. The SMILES string of the molecule is NCC1(C2CCCC2)CCc2ccccc2C1. The molecule has 0 heterocycles. The van der Waals surface area contributed by atoms with E-state index in [0.717, 1.165) is 12.5 Å². The Balaban J connectivity index is 1.89. The molecule has 0 spiro atoms. The minimum atomic E-state index is 0.421. The standard InChI is InChI=1S/C16H23N/c17-12-16(15-7-3-4-8-15)10-9-13-5-1-2-6-14(13)11-16/h1-2,5-6,15H,3-4,7-12,17H2. The Morgan fingerprint density at radius 1 is 1.12 bits per heavy atom. The van der Waals surface area contributed by atoms with Crippen molar-refractivity contribution in [2.75, 3.05) is 6.54 Å². The van der Waals surface area contributed by atoms with Gasteiger partial charge in [0.1, 0.15) is 0 Å². The van der Waals surface area contributed by atoms with Crippen LogP contribution < -0.4 is 5.73 Å². The fraction of sp³-hybridized carbons (Fsp3) is 0.625. The van der Waals surface area contributed by atoms with E-state index >= 15 is 0 Å². The fourth-order valence-corrected chi connectivity index (χ4v) is 4.05. The van der Waals surface area contributed by atoms with Crippen LogP contribution in [0.4, 0.5) is 0 Å². The van der Waals surface area contributed by atoms with Gasteiger partial charge in [-0.3, -0.25) is 0 Å². The zero-order valence-electron chi connectivity index (χ0n) is 10.6. The van der Waals surface area contributed by atoms with Crippen LogP contribution in [0.5, 0.6) is 0 Å². The molecular weight excluding hydrogens is 206 g/mol. The first-order valence-electron chi connectivity index (χ1n) is 7.11. The summed E-state index contributed by atoms with van der Waals surface area (Å²) in [6.07, 6.45) is 9.46. The van der Waals surface area contributed by atoms with Crippen molar-refractivity contribution in [1.29, 1.82) is 0 Å². The van der Waals surface area contributed by atoms with Crippen LogP contribution in [0.25, 0.3) is 0 Å². The smallest absolute Gasteiger partial charge is 0.00146 e. The first-order valence-corrected chi connectivity index (χ1v) is 7.11. The Hall–Kier alpha value is -0.820. The molecule has 1 aromatic rings. The van der Waals surface area contributed by atoms with Crippen LogP contribution in [0.1, 0.15) is 43.2 Å². The summed E-state index contributed by atoms with van der Waals surface area (Å²) in [6, 6.07) is 8.96. The minimum Gasteiger partial charge on any atom is -0.330 e. The van der Waals surface area contributed by atoms with Gasteiger partial charge in [-0.05, 0) is 61.1 Å². The first kappa shape index (κ1) is 11.3. The molecule has 0 aliphatic heterocycles. The van der Waals surface area contributed by atoms with Gasteiger partial charge in [0.25, 0.3) is 0 Å². The minimum absolute atomic E-state index is 0.421. The third kappa shape index (κ3) is 1.91. The van der Waals surface area contributed by atoms with Crippen molar-refractivity contribution >= 4 is 0 Å². The average molecular weight is 229 g/mol. The molecule has 0 bridgehead atoms. The summed E-state index contributed by atoms with van der Waals surface area (Å²) < 4.78 is 0. The van der Waals surface area contributed by atoms with Gasteiger partial charge in [0.15, 0.2) is 0 Å². The molecule has 2 aliphatic carbocycles. The van der Waals surface area contributed by atoms with Crippen LogP contribution in [-0.2, 0) is 12.8 Å². The lowest BCUT2D eigenvalue weighted by atomic mass is 9.64. The average Bonchev–Trinajstić information content (AvgIpc) is 2.92. The van der Waals surface area contributed by atoms with Crippen molar-refractivity contribution in [1.82, 2.24) is 0 Å². The predicted molar refractivity (Wildman–Crippen MR) is 71.9 cm³/mol. The molecule has 1 atom stereocenters. The largest absolute Gasteiger partial charge is 0.330 e. The zero-order chi connectivity index (χ0) is 11.7. The Morgan fingerprint density at radius 3 is 2.53 bits per heavy atom. The summed E-state index contributed by atoms with van der Waals surface area (Å²) in [6.45, 7) is 0.881. The van der Waals surface area contributed by atoms with Gasteiger partial charge in [0.2, 0.25) is 0 Å². The van der Waals surface area contributed by atoms with Crippen molar-refractivity contribution in [3.63, 3.8) is 0 Å². The Labute approximate surface area is 104 Å². The van der Waals surface area contributed by atoms with Crippen molar-refractivity contribution in [2.45, 2.75) is 44.9 Å². The molecule has 17 heavy (non-hydrogen) atoms. The van der Waals surface area contributed by atoms with E-state index in [1.807, 2.05) is 0 Å². The highest BCUT2D eigenvalue weighted by molar-refractivity contribution is 5.31. The molecule has 92 valence electrons. The molecule has 3 rings (SSSR count). The molecule has 0 saturated heterocycles. The second-order valence-electron chi connectivity index (χ2n) is 5.99. The van der Waals surface area contributed by atoms with Gasteiger partial charge in [-0.2, -0.15) is 0 Å². The van der Waals surface area contributed by atoms with E-state index in [4.69, 9.17) is 5.73 Å². The van der Waals surface area contributed by atoms with Crippen LogP contribution in [0.2, 0.25) is 0 Å². The maximum absolute atomic E-state index is 6.18. The Morgan fingerprint density at radius 2 is 1.82 bits per heavy atom. The van der Waals surface area contributed by atoms with Gasteiger partial charge < -0.3 is 5.73 Å². The van der Waals surface area contributed by atoms with Crippen LogP contribution in [-0.4, -0.2) is 6.54 Å². The highest BCUT2D eigenvalue weighted by Gasteiger charge is 2.41. The number of nitrogens with two attached hydrogens (primary N) is 1. The van der Waals surface area contributed by atoms with Crippen LogP contribution in [0.3, 0.4) is 0 Å². The normalized spacial score (nSPS) is 29.2. The molecule has 2 aliphatic rings. The summed E-state index contributed by atoms with van der Waals surface area (Å²) in [4.78, 5) is 0. The molecule has 2 N–H and O–H groups in total. The molecule has 0 radical (unpaired) electrons. The maximum atomic E-state index is 6.18. The van der Waals surface area contributed by atoms with E-state index in [0.29, 0.717) is 5.41 Å². The van der Waals surface area contributed by atoms with Gasteiger partial charge in [-0.25, -0.2) is 0 Å². The Kier molecular flexibility index (Phi) is 2.96. The molecule has 1 fully saturated rings. The van der Waals surface area contributed by atoms with E-state index in [2.05, 4.69) is 24.3 Å². The monoisotopic (exact) mass is 229 g/mol. The van der Waals surface area contributed by atoms with Crippen molar-refractivity contribution in [3.05, 3.63) is 35.4 Å². The molecule has 1 aromatic carbocycles. The van der Waals surface area contributed by atoms with E-state index in [9.17, 15) is 0 Å². The summed E-state index contributed by atoms with van der Waals surface area (Å²) >= 11 is 0. The van der Waals surface area contributed by atoms with Crippen LogP contribution >= 0.6 is 0 Å². The first-order chi connectivity index (χ1) is 8.34. The van der Waals surface area contributed by atoms with Gasteiger partial charge in [0, 0.05) is 0 Å². The van der Waals surface area contributed by atoms with Crippen LogP contribution in [0, 0.1) is 11.3 Å². The van der Waals surface area contributed by atoms with Crippen molar-refractivity contribution in [2.24, 2.45) is 17.1 Å². The van der Waals surface area contributed by atoms with E-state index in [-0.39, 0.29) is 0 Å². The molecule has 1 nitrogen and oxygen atoms in total. The van der Waals surface area contributed by atoms with Gasteiger partial charge in [0.05, 0.1) is 0 Å². The number of hydrogen-bond donors (Lipinski definition) is 1. The summed E-state index contributed by atoms with van der Waals surface area (Å²) in [5.41, 5.74) is 9.73. The maximum Gasteiger partial charge on any atom is -0.00146 e. The number of rotatable bonds is 2. The molecule has 1 unspecified atom stereocenters. The van der Waals surface area contributed by atoms with E-state index in [1.165, 1.54) is 44.9 Å². The molecule has 1 saturated carbocycles. The second-order valence-corrected chi connectivity index (χ2v) is 5.99. The van der Waals surface area contributed by atoms with Crippen molar-refractivity contribution in [3.8, 4) is 0 Å². The highest BCUT2D eigenvalue weighted by atomic mass is 14.6. The topological polar surface area (TPSA) is 26.0 Å². The summed E-state index contributed by atoms with van der Waals surface area (Å²) in [5.74, 6) is 0.890. The number of benzene rings is 1. The third-order valence-corrected chi connectivity index (χ3v) is 5.18. The Bertz CT molecular complexity index is 392. The molecular formula is C16H23N. The van der Waals surface area contributed by atoms with Gasteiger partial charge >= 0.3 is 0 Å². The highest BCUT2D eigenvalue weighted by Crippen LogP contribution is 2.47. The second kappa shape index (κ2) is 4.45. The van der Waals surface area contributed by atoms with E-state index < -0.39 is 0 Å². The number of fused-ring (bicyclic) bond motifs is 1.